The van der Waals surface area contributed by atoms with Crippen molar-refractivity contribution in [2.45, 2.75) is 13.1 Å². The molecule has 0 spiro atoms. The van der Waals surface area contributed by atoms with Crippen LogP contribution in [0.1, 0.15) is 11.1 Å². The largest absolute Gasteiger partial charge is 0.416 e. The summed E-state index contributed by atoms with van der Waals surface area (Å²) in [6.45, 7) is 1.44. The number of hydrogen-bond acceptors (Lipinski definition) is 4. The fourth-order valence-corrected chi connectivity index (χ4v) is 2.16. The molecule has 0 heterocycles. The minimum atomic E-state index is -4.49. The molecule has 0 aromatic heterocycles. The van der Waals surface area contributed by atoms with Gasteiger partial charge in [-0.15, -0.1) is 12.6 Å². The Balaban J connectivity index is 3.39. The normalized spacial score (nSPS) is 13.7. The molecule has 1 aromatic rings. The Hall–Kier alpha value is -1.17. The van der Waals surface area contributed by atoms with Crippen molar-refractivity contribution in [1.82, 2.24) is 0 Å². The summed E-state index contributed by atoms with van der Waals surface area (Å²) in [5, 5.41) is 8.48. The topological polar surface area (TPSA) is 62.2 Å². The minimum absolute atomic E-state index is 0.0628. The van der Waals surface area contributed by atoms with Crippen LogP contribution < -0.4 is 5.73 Å². The Kier molecular flexibility index (Phi) is 5.73. The van der Waals surface area contributed by atoms with E-state index in [0.717, 1.165) is 12.1 Å². The second-order valence-electron chi connectivity index (χ2n) is 3.90. The predicted molar refractivity (Wildman–Crippen MR) is 83.0 cm³/mol. The number of alkyl halides is 3. The summed E-state index contributed by atoms with van der Waals surface area (Å²) in [6.07, 6.45) is -4.49. The molecule has 0 saturated heterocycles. The summed E-state index contributed by atoms with van der Waals surface area (Å²) in [7, 11) is 0. The lowest BCUT2D eigenvalue weighted by Crippen LogP contribution is -2.05. The molecule has 0 radical (unpaired) electrons. The lowest BCUT2D eigenvalue weighted by atomic mass is 10.1. The van der Waals surface area contributed by atoms with E-state index in [-0.39, 0.29) is 31.5 Å². The molecule has 0 aliphatic rings. The molecule has 0 saturated carbocycles. The van der Waals surface area contributed by atoms with E-state index >= 15 is 0 Å². The van der Waals surface area contributed by atoms with E-state index in [1.807, 2.05) is 0 Å². The van der Waals surface area contributed by atoms with Gasteiger partial charge in [0.05, 0.1) is 21.2 Å². The van der Waals surface area contributed by atoms with Gasteiger partial charge in [0.2, 0.25) is 0 Å². The predicted octanol–water partition coefficient (Wildman–Crippen LogP) is 4.72. The van der Waals surface area contributed by atoms with Crippen LogP contribution in [0, 0.1) is 18.3 Å². The van der Waals surface area contributed by atoms with E-state index in [0.29, 0.717) is 0 Å². The fraction of sp³-hybridized carbons (Fsp3) is 0.167. The molecule has 0 aliphatic heterocycles. The minimum Gasteiger partial charge on any atom is -0.389 e. The van der Waals surface area contributed by atoms with Gasteiger partial charge in [0.1, 0.15) is 16.4 Å². The van der Waals surface area contributed by atoms with E-state index in [2.05, 4.69) is 33.6 Å². The molecule has 0 bridgehead atoms. The molecule has 0 aliphatic carbocycles. The van der Waals surface area contributed by atoms with Gasteiger partial charge in [-0.25, -0.2) is 4.99 Å². The lowest BCUT2D eigenvalue weighted by Gasteiger charge is -2.11. The first-order chi connectivity index (χ1) is 9.57. The van der Waals surface area contributed by atoms with Crippen molar-refractivity contribution in [1.29, 1.82) is 5.26 Å². The first-order valence-corrected chi connectivity index (χ1v) is 6.90. The number of aliphatic imine (C=N–C) groups is 1. The molecule has 2 N–H and O–H groups in total. The molecule has 3 nitrogen and oxygen atoms in total. The van der Waals surface area contributed by atoms with Crippen molar-refractivity contribution in [3.8, 4) is 6.07 Å². The SMILES string of the molecule is Cc1cc(C(F)(F)F)cc(Cl)c1N=C(Br)/C(S)=C(\N)C#N. The van der Waals surface area contributed by atoms with Crippen LogP contribution in [0.3, 0.4) is 0 Å². The summed E-state index contributed by atoms with van der Waals surface area (Å²) >= 11 is 12.9. The van der Waals surface area contributed by atoms with E-state index in [1.54, 1.807) is 6.07 Å². The van der Waals surface area contributed by atoms with E-state index < -0.39 is 11.7 Å². The van der Waals surface area contributed by atoms with Gasteiger partial charge in [-0.05, 0) is 40.5 Å². The Bertz CT molecular complexity index is 654. The summed E-state index contributed by atoms with van der Waals surface area (Å²) in [5.41, 5.74) is 4.69. The van der Waals surface area contributed by atoms with Crippen molar-refractivity contribution >= 4 is 50.5 Å². The summed E-state index contributed by atoms with van der Waals surface area (Å²) in [5.74, 6) is 0. The number of hydrogen-bond donors (Lipinski definition) is 2. The van der Waals surface area contributed by atoms with Gasteiger partial charge >= 0.3 is 6.18 Å². The summed E-state index contributed by atoms with van der Waals surface area (Å²) < 4.78 is 38.0. The van der Waals surface area contributed by atoms with Crippen LogP contribution in [-0.4, -0.2) is 4.62 Å². The number of rotatable bonds is 2. The molecule has 0 atom stereocenters. The van der Waals surface area contributed by atoms with Gasteiger partial charge in [-0.2, -0.15) is 18.4 Å². The Morgan fingerprint density at radius 1 is 1.48 bits per heavy atom. The summed E-state index contributed by atoms with van der Waals surface area (Å²) in [6, 6.07) is 3.39. The maximum Gasteiger partial charge on any atom is 0.416 e. The quantitative estimate of drug-likeness (QED) is 0.430. The molecule has 21 heavy (non-hydrogen) atoms. The monoisotopic (exact) mass is 397 g/mol. The fourth-order valence-electron chi connectivity index (χ4n) is 1.36. The third kappa shape index (κ3) is 4.40. The van der Waals surface area contributed by atoms with Gasteiger partial charge in [0, 0.05) is 0 Å². The maximum absolute atomic E-state index is 12.6. The third-order valence-electron chi connectivity index (χ3n) is 2.36. The number of nitriles is 1. The molecule has 0 amide bonds. The second kappa shape index (κ2) is 6.73. The number of aryl methyl sites for hydroxylation is 1. The second-order valence-corrected chi connectivity index (χ2v) is 5.50. The molecule has 9 heteroatoms. The highest BCUT2D eigenvalue weighted by molar-refractivity contribution is 9.18. The first kappa shape index (κ1) is 17.9. The third-order valence-corrected chi connectivity index (χ3v) is 3.98. The highest BCUT2D eigenvalue weighted by Crippen LogP contribution is 2.38. The van der Waals surface area contributed by atoms with E-state index in [9.17, 15) is 13.2 Å². The smallest absolute Gasteiger partial charge is 0.389 e. The average molecular weight is 399 g/mol. The molecular formula is C12H8BrClF3N3S. The molecule has 0 unspecified atom stereocenters. The van der Waals surface area contributed by atoms with Crippen molar-refractivity contribution in [2.24, 2.45) is 10.7 Å². The van der Waals surface area contributed by atoms with Gasteiger partial charge in [0.25, 0.3) is 0 Å². The van der Waals surface area contributed by atoms with Gasteiger partial charge < -0.3 is 5.73 Å². The molecule has 0 fully saturated rings. The van der Waals surface area contributed by atoms with E-state index in [1.165, 1.54) is 6.92 Å². The number of benzene rings is 1. The van der Waals surface area contributed by atoms with Crippen LogP contribution in [0.5, 0.6) is 0 Å². The highest BCUT2D eigenvalue weighted by Gasteiger charge is 2.31. The number of nitrogens with two attached hydrogens (primary N) is 1. The van der Waals surface area contributed by atoms with Gasteiger partial charge in [0.15, 0.2) is 0 Å². The molecule has 1 aromatic carbocycles. The molecule has 1 rings (SSSR count). The van der Waals surface area contributed by atoms with Crippen LogP contribution >= 0.6 is 40.2 Å². The zero-order valence-electron chi connectivity index (χ0n) is 10.5. The number of nitrogens with zero attached hydrogens (tertiary/aromatic N) is 2. The number of halogens is 5. The van der Waals surface area contributed by atoms with Gasteiger partial charge in [-0.1, -0.05) is 11.6 Å². The summed E-state index contributed by atoms with van der Waals surface area (Å²) in [4.78, 5) is 4.08. The molecular weight excluding hydrogens is 391 g/mol. The Morgan fingerprint density at radius 2 is 2.05 bits per heavy atom. The number of thiol groups is 1. The van der Waals surface area contributed by atoms with Crippen LogP contribution in [0.4, 0.5) is 18.9 Å². The van der Waals surface area contributed by atoms with Gasteiger partial charge in [-0.3, -0.25) is 0 Å². The van der Waals surface area contributed by atoms with Crippen LogP contribution in [0.15, 0.2) is 27.7 Å². The van der Waals surface area contributed by atoms with Crippen molar-refractivity contribution in [3.05, 3.63) is 38.9 Å². The van der Waals surface area contributed by atoms with Crippen LogP contribution in [-0.2, 0) is 6.18 Å². The van der Waals surface area contributed by atoms with Crippen LogP contribution in [0.25, 0.3) is 0 Å². The lowest BCUT2D eigenvalue weighted by molar-refractivity contribution is -0.137. The van der Waals surface area contributed by atoms with Crippen LogP contribution in [0.2, 0.25) is 5.02 Å². The van der Waals surface area contributed by atoms with Crippen molar-refractivity contribution < 1.29 is 13.2 Å². The Labute approximate surface area is 137 Å². The molecule has 112 valence electrons. The average Bonchev–Trinajstić information content (AvgIpc) is 2.39. The Morgan fingerprint density at radius 3 is 2.48 bits per heavy atom. The first-order valence-electron chi connectivity index (χ1n) is 5.28. The zero-order valence-corrected chi connectivity index (χ0v) is 13.7. The highest BCUT2D eigenvalue weighted by atomic mass is 79.9. The van der Waals surface area contributed by atoms with E-state index in [4.69, 9.17) is 22.6 Å². The number of allylic oxidation sites excluding steroid dienone is 2. The maximum atomic E-state index is 12.6. The van der Waals surface area contributed by atoms with Crippen molar-refractivity contribution in [2.75, 3.05) is 0 Å². The standard InChI is InChI=1S/C12H8BrClF3N3S/c1-5-2-6(12(15,16)17)3-7(14)9(5)20-11(13)10(21)8(19)4-18/h2-3,21H,19H2,1H3/b10-8+,20-11?. The zero-order chi connectivity index (χ0) is 16.4. The van der Waals surface area contributed by atoms with Crippen molar-refractivity contribution in [3.63, 3.8) is 0 Å².